The first-order chi connectivity index (χ1) is 40.5. The van der Waals surface area contributed by atoms with Crippen molar-refractivity contribution in [3.05, 3.63) is 312 Å². The van der Waals surface area contributed by atoms with Crippen LogP contribution in [0, 0.1) is 0 Å². The van der Waals surface area contributed by atoms with Gasteiger partial charge in [-0.2, -0.15) is 0 Å². The molecule has 0 saturated carbocycles. The van der Waals surface area contributed by atoms with E-state index in [0.717, 1.165) is 28.3 Å². The maximum absolute atomic E-state index is 2.54. The average molecular weight is 1070 g/mol. The van der Waals surface area contributed by atoms with Crippen LogP contribution in [0.3, 0.4) is 0 Å². The van der Waals surface area contributed by atoms with Crippen molar-refractivity contribution in [3.63, 3.8) is 0 Å². The van der Waals surface area contributed by atoms with Crippen LogP contribution in [-0.4, -0.2) is 4.57 Å². The highest BCUT2D eigenvalue weighted by Gasteiger charge is 2.52. The van der Waals surface area contributed by atoms with Gasteiger partial charge in [0.1, 0.15) is 0 Å². The fourth-order valence-electron chi connectivity index (χ4n) is 14.0. The zero-order valence-electron chi connectivity index (χ0n) is 48.0. The molecule has 1 heterocycles. The van der Waals surface area contributed by atoms with E-state index in [4.69, 9.17) is 0 Å². The van der Waals surface area contributed by atoms with Gasteiger partial charge in [0.25, 0.3) is 0 Å². The molecule has 0 aliphatic heterocycles. The fraction of sp³-hybridized carbons (Fsp3) is 0.111. The minimum atomic E-state index is -0.516. The van der Waals surface area contributed by atoms with Crippen molar-refractivity contribution in [1.29, 1.82) is 0 Å². The monoisotopic (exact) mass is 1060 g/mol. The van der Waals surface area contributed by atoms with E-state index in [-0.39, 0.29) is 10.8 Å². The molecule has 0 N–H and O–H groups in total. The Kier molecular flexibility index (Phi) is 11.6. The first-order valence-electron chi connectivity index (χ1n) is 29.3. The second-order valence-electron chi connectivity index (χ2n) is 24.8. The Balaban J connectivity index is 0.957. The molecule has 0 unspecified atom stereocenters. The smallest absolute Gasteiger partial charge is 0.0725 e. The van der Waals surface area contributed by atoms with Crippen LogP contribution in [0.1, 0.15) is 74.9 Å². The fourth-order valence-corrected chi connectivity index (χ4v) is 14.0. The molecule has 1 aromatic heterocycles. The number of aromatic nitrogens is 1. The van der Waals surface area contributed by atoms with Crippen LogP contribution in [0.2, 0.25) is 0 Å². The van der Waals surface area contributed by atoms with E-state index in [2.05, 4.69) is 330 Å². The van der Waals surface area contributed by atoms with Gasteiger partial charge in [0.05, 0.1) is 22.1 Å². The number of para-hydroxylation sites is 3. The lowest BCUT2D eigenvalue weighted by Gasteiger charge is -2.33. The Morgan fingerprint density at radius 3 is 1.43 bits per heavy atom. The number of hydrogen-bond acceptors (Lipinski definition) is 1. The van der Waals surface area contributed by atoms with Crippen molar-refractivity contribution in [2.24, 2.45) is 0 Å². The Morgan fingerprint density at radius 2 is 0.771 bits per heavy atom. The molecule has 0 amide bonds. The molecule has 0 fully saturated rings. The van der Waals surface area contributed by atoms with Gasteiger partial charge in [-0.25, -0.2) is 0 Å². The van der Waals surface area contributed by atoms with E-state index in [1.807, 2.05) is 0 Å². The van der Waals surface area contributed by atoms with Crippen molar-refractivity contribution in [2.75, 3.05) is 4.90 Å². The van der Waals surface area contributed by atoms with Crippen LogP contribution < -0.4 is 4.90 Å². The van der Waals surface area contributed by atoms with Gasteiger partial charge in [-0.1, -0.05) is 266 Å². The maximum atomic E-state index is 2.54. The van der Waals surface area contributed by atoms with Crippen molar-refractivity contribution in [2.45, 2.75) is 57.8 Å². The van der Waals surface area contributed by atoms with Crippen LogP contribution in [0.15, 0.2) is 279 Å². The van der Waals surface area contributed by atoms with Crippen LogP contribution in [0.4, 0.5) is 17.1 Å². The Hall–Kier alpha value is -9.76. The second kappa shape index (κ2) is 19.2. The van der Waals surface area contributed by atoms with Crippen LogP contribution >= 0.6 is 0 Å². The lowest BCUT2D eigenvalue weighted by atomic mass is 9.69. The largest absolute Gasteiger partial charge is 0.310 e. The van der Waals surface area contributed by atoms with Gasteiger partial charge in [0.15, 0.2) is 0 Å². The van der Waals surface area contributed by atoms with Crippen molar-refractivity contribution < 1.29 is 0 Å². The third kappa shape index (κ3) is 7.91. The quantitative estimate of drug-likeness (QED) is 0.147. The topological polar surface area (TPSA) is 8.17 Å². The van der Waals surface area contributed by atoms with Gasteiger partial charge in [-0.05, 0) is 160 Å². The molecule has 2 heteroatoms. The molecule has 2 aliphatic rings. The van der Waals surface area contributed by atoms with Gasteiger partial charge in [-0.15, -0.1) is 0 Å². The Morgan fingerprint density at radius 1 is 0.301 bits per heavy atom. The Bertz CT molecular complexity index is 4610. The number of anilines is 3. The van der Waals surface area contributed by atoms with E-state index < -0.39 is 5.41 Å². The average Bonchev–Trinajstić information content (AvgIpc) is 2.56. The third-order valence-corrected chi connectivity index (χ3v) is 18.0. The summed E-state index contributed by atoms with van der Waals surface area (Å²) in [6.07, 6.45) is 0. The molecule has 12 aromatic carbocycles. The van der Waals surface area contributed by atoms with Crippen LogP contribution in [0.5, 0.6) is 0 Å². The molecule has 398 valence electrons. The molecule has 2 nitrogen and oxygen atoms in total. The molecule has 0 saturated heterocycles. The van der Waals surface area contributed by atoms with Crippen molar-refractivity contribution in [1.82, 2.24) is 4.57 Å². The zero-order chi connectivity index (χ0) is 56.2. The maximum Gasteiger partial charge on any atom is 0.0725 e. The summed E-state index contributed by atoms with van der Waals surface area (Å²) < 4.78 is 2.41. The number of nitrogens with zero attached hydrogens (tertiary/aromatic N) is 2. The lowest BCUT2D eigenvalue weighted by molar-refractivity contribution is 0.586. The van der Waals surface area contributed by atoms with E-state index in [1.54, 1.807) is 0 Å². The predicted molar refractivity (Wildman–Crippen MR) is 351 cm³/mol. The number of fused-ring (bicyclic) bond motifs is 13. The summed E-state index contributed by atoms with van der Waals surface area (Å²) >= 11 is 0. The summed E-state index contributed by atoms with van der Waals surface area (Å²) in [4.78, 5) is 2.51. The molecule has 15 rings (SSSR count). The lowest BCUT2D eigenvalue weighted by Crippen LogP contribution is -2.27. The summed E-state index contributed by atoms with van der Waals surface area (Å²) in [5, 5.41) is 2.49. The first-order valence-corrected chi connectivity index (χ1v) is 29.3. The van der Waals surface area contributed by atoms with Gasteiger partial charge in [0.2, 0.25) is 0 Å². The highest BCUT2D eigenvalue weighted by Crippen LogP contribution is 2.64. The first kappa shape index (κ1) is 50.2. The van der Waals surface area contributed by atoms with Crippen molar-refractivity contribution >= 4 is 38.9 Å². The Labute approximate surface area is 488 Å². The molecule has 2 aliphatic carbocycles. The summed E-state index contributed by atoms with van der Waals surface area (Å²) in [5.41, 5.74) is 29.0. The number of hydrogen-bond donors (Lipinski definition) is 0. The SMILES string of the molecule is CC(C)(C)c1ccc2c(c1)C1(c3ccccc3-c3cc(N(c4ccc(-c5cccc6c5c5ccccc5n6-c5ccccc5)cc4)c4ccccc4-c4ccccc4-c4ccccc4-c4ccccc4)ccc31)c1cc(C(C)(C)C)ccc1-2. The highest BCUT2D eigenvalue weighted by molar-refractivity contribution is 6.16. The van der Waals surface area contributed by atoms with E-state index in [1.165, 1.54) is 116 Å². The normalized spacial score (nSPS) is 13.0. The summed E-state index contributed by atoms with van der Waals surface area (Å²) in [5.74, 6) is 0. The third-order valence-electron chi connectivity index (χ3n) is 18.0. The van der Waals surface area contributed by atoms with Crippen LogP contribution in [-0.2, 0) is 16.2 Å². The second-order valence-corrected chi connectivity index (χ2v) is 24.8. The molecule has 13 aromatic rings. The minimum absolute atomic E-state index is 0.0361. The van der Waals surface area contributed by atoms with Crippen LogP contribution in [0.25, 0.3) is 94.3 Å². The summed E-state index contributed by atoms with van der Waals surface area (Å²) in [6.45, 7) is 14.0. The molecular formula is C81H64N2. The molecule has 0 radical (unpaired) electrons. The molecule has 0 bridgehead atoms. The molecule has 0 atom stereocenters. The van der Waals surface area contributed by atoms with E-state index in [9.17, 15) is 0 Å². The number of rotatable bonds is 8. The van der Waals surface area contributed by atoms with Gasteiger partial charge in [-0.3, -0.25) is 0 Å². The van der Waals surface area contributed by atoms with E-state index in [0.29, 0.717) is 0 Å². The molecule has 1 spiro atoms. The van der Waals surface area contributed by atoms with Gasteiger partial charge in [0, 0.05) is 33.4 Å². The predicted octanol–water partition coefficient (Wildman–Crippen LogP) is 21.9. The minimum Gasteiger partial charge on any atom is -0.310 e. The molecule has 83 heavy (non-hydrogen) atoms. The van der Waals surface area contributed by atoms with E-state index >= 15 is 0 Å². The highest BCUT2D eigenvalue weighted by atomic mass is 15.1. The standard InChI is InChI=1S/C81H64N2/c1-79(2,3)55-42-47-66-67-48-43-56(80(4,5)6)51-74(67)81(73(66)50-55)71-36-20-17-32-65(71)70-52-59(46-49-72(70)81)82(75-37-21-18-33-68(75)64-31-16-15-30-63(64)62-29-14-13-28-60(62)53-24-9-7-10-25-53)58-44-40-54(41-45-58)61-35-23-39-77-78(61)69-34-19-22-38-76(69)83(77)57-26-11-8-12-27-57/h7-52H,1-6H3. The summed E-state index contributed by atoms with van der Waals surface area (Å²) in [6, 6.07) is 105. The summed E-state index contributed by atoms with van der Waals surface area (Å²) in [7, 11) is 0. The molecular weight excluding hydrogens is 1000 g/mol. The van der Waals surface area contributed by atoms with Gasteiger partial charge < -0.3 is 9.47 Å². The van der Waals surface area contributed by atoms with Gasteiger partial charge >= 0.3 is 0 Å². The zero-order valence-corrected chi connectivity index (χ0v) is 48.0. The number of benzene rings is 12. The van der Waals surface area contributed by atoms with Crippen molar-refractivity contribution in [3.8, 4) is 72.4 Å².